The number of fused-ring (bicyclic) bond motifs is 14. The van der Waals surface area contributed by atoms with Crippen molar-refractivity contribution < 1.29 is 63.7 Å². The summed E-state index contributed by atoms with van der Waals surface area (Å²) in [5.74, 6) is -8.94. The Bertz CT molecular complexity index is 2550. The summed E-state index contributed by atoms with van der Waals surface area (Å²) in [6.45, 7) is 16.8. The molecule has 11 atom stereocenters. The number of aliphatic hydroxyl groups excluding tert-OH is 2. The molecule has 6 N–H and O–H groups in total. The Morgan fingerprint density at radius 2 is 1.53 bits per heavy atom. The summed E-state index contributed by atoms with van der Waals surface area (Å²) in [5, 5.41) is 67.6. The molecule has 2 amide bonds. The van der Waals surface area contributed by atoms with E-state index in [9.17, 15) is 44.7 Å². The van der Waals surface area contributed by atoms with Gasteiger partial charge in [0.2, 0.25) is 0 Å². The van der Waals surface area contributed by atoms with E-state index in [0.717, 1.165) is 0 Å². The normalized spacial score (nSPS) is 29.5. The van der Waals surface area contributed by atoms with Crippen LogP contribution in [-0.2, 0) is 23.8 Å². The number of carbonyl (C=O) groups excluding carboxylic acids is 4. The van der Waals surface area contributed by atoms with Gasteiger partial charge in [0.1, 0.15) is 23.4 Å². The summed E-state index contributed by atoms with van der Waals surface area (Å²) in [5.41, 5.74) is -0.0701. The molecule has 17 nitrogen and oxygen atoms in total. The summed E-state index contributed by atoms with van der Waals surface area (Å²) in [4.78, 5) is 56.3. The molecule has 0 unspecified atom stereocenters. The summed E-state index contributed by atoms with van der Waals surface area (Å²) >= 11 is 0. The molecule has 0 aromatic heterocycles. The van der Waals surface area contributed by atoms with E-state index in [4.69, 9.17) is 18.9 Å². The van der Waals surface area contributed by atoms with Crippen LogP contribution in [0.2, 0.25) is 0 Å². The number of aromatic hydroxyl groups is 3. The Morgan fingerprint density at radius 1 is 0.882 bits per heavy atom. The average molecular weight is 941 g/mol. The number of phenolic OH excluding ortho intramolecular Hbond substituents is 3. The largest absolute Gasteiger partial charge is 0.507 e. The van der Waals surface area contributed by atoms with Crippen LogP contribution in [0.5, 0.6) is 23.0 Å². The maximum Gasteiger partial charge on any atom is 0.312 e. The summed E-state index contributed by atoms with van der Waals surface area (Å²) in [7, 11) is 1.43. The van der Waals surface area contributed by atoms with Gasteiger partial charge in [0.05, 0.1) is 66.1 Å². The first kappa shape index (κ1) is 51.0. The van der Waals surface area contributed by atoms with Crippen LogP contribution in [0.1, 0.15) is 94.2 Å². The minimum Gasteiger partial charge on any atom is -0.507 e. The van der Waals surface area contributed by atoms with E-state index in [2.05, 4.69) is 10.4 Å². The van der Waals surface area contributed by atoms with Crippen molar-refractivity contribution in [3.8, 4) is 23.0 Å². The monoisotopic (exact) mass is 940 g/mol. The number of allylic oxidation sites excluding steroid dienone is 2. The van der Waals surface area contributed by atoms with Gasteiger partial charge in [-0.1, -0.05) is 64.1 Å². The van der Waals surface area contributed by atoms with Crippen LogP contribution in [0.4, 0.5) is 5.69 Å². The van der Waals surface area contributed by atoms with Gasteiger partial charge in [0.25, 0.3) is 17.6 Å². The number of Topliss-reactive ketones (excluding diaryl/α,β-unsaturated/α-hetero) is 1. The van der Waals surface area contributed by atoms with Crippen molar-refractivity contribution in [1.29, 1.82) is 0 Å². The maximum atomic E-state index is 14.6. The molecule has 3 aromatic rings. The van der Waals surface area contributed by atoms with Crippen LogP contribution in [0.15, 0.2) is 71.6 Å². The Labute approximate surface area is 396 Å². The predicted octanol–water partition coefficient (Wildman–Crippen LogP) is 6.32. The number of nitrogens with zero attached hydrogens (tertiary/aromatic N) is 3. The van der Waals surface area contributed by atoms with Gasteiger partial charge in [-0.2, -0.15) is 5.10 Å². The zero-order chi connectivity index (χ0) is 50.1. The number of methoxy groups -OCH3 is 1. The highest BCUT2D eigenvalue weighted by Crippen LogP contribution is 2.55. The number of ether oxygens (including phenoxy) is 4. The van der Waals surface area contributed by atoms with Crippen LogP contribution in [-0.4, -0.2) is 128 Å². The van der Waals surface area contributed by atoms with Gasteiger partial charge in [-0.3, -0.25) is 24.2 Å². The van der Waals surface area contributed by atoms with E-state index in [-0.39, 0.29) is 75.6 Å². The molecular weight excluding hydrogens is 877 g/mol. The van der Waals surface area contributed by atoms with E-state index in [1.165, 1.54) is 59.4 Å². The SMILES string of the molecule is CO[C@@H]1C=CO[C@@]2(C)Oc3c(C)c(O)c4c(O)c(c(C=NN5C[C@@H](C)N(C(=O)c6ccccc6)[C@@H](C)C5)c(O)c4c3C2=O)NC(=O)C(C)=CC=C[C@H](C)[C@H](O)[C@H](C)[C@H](O)[C@H](C)[C@H](OC(C)=O)[C@H]1C. The standard InChI is InChI=1S/C51H64N4O13/c1-25-16-15-17-26(2)49(63)53-40-35(22-52-54-23-27(3)55(28(4)24-54)50(64)34-18-13-12-14-19-34)44(60)37-38(45(40)61)43(59)32(8)47-39(37)48(62)51(10,68-47)66-21-20-36(65-11)29(5)46(67-33(9)56)31(7)42(58)30(6)41(25)57/h12-22,25,27-31,36,41-42,46,57-61H,23-24H2,1-11H3,(H,53,63)/t25-,27-,28+,29-,30-,31-,36+,41-,42-,46+,51-/m0/s1. The van der Waals surface area contributed by atoms with Gasteiger partial charge in [-0.05, 0) is 45.9 Å². The van der Waals surface area contributed by atoms with Crippen molar-refractivity contribution in [2.75, 3.05) is 25.5 Å². The number of rotatable bonds is 5. The second-order valence-electron chi connectivity index (χ2n) is 18.5. The van der Waals surface area contributed by atoms with Crippen molar-refractivity contribution in [3.63, 3.8) is 0 Å². The molecule has 4 aliphatic heterocycles. The molecule has 0 saturated carbocycles. The molecule has 0 radical (unpaired) electrons. The number of benzene rings is 3. The van der Waals surface area contributed by atoms with Crippen LogP contribution in [0, 0.1) is 30.6 Å². The van der Waals surface area contributed by atoms with Gasteiger partial charge in [0, 0.05) is 78.8 Å². The number of nitrogens with one attached hydrogen (secondary N) is 1. The number of amides is 2. The molecule has 3 aromatic carbocycles. The molecule has 17 heteroatoms. The number of esters is 1. The van der Waals surface area contributed by atoms with Crippen LogP contribution in [0.3, 0.4) is 0 Å². The Morgan fingerprint density at radius 3 is 2.15 bits per heavy atom. The molecule has 1 fully saturated rings. The fourth-order valence-electron chi connectivity index (χ4n) is 9.53. The summed E-state index contributed by atoms with van der Waals surface area (Å²) in [6, 6.07) is 8.30. The molecule has 5 bridgehead atoms. The zero-order valence-electron chi connectivity index (χ0n) is 40.4. The number of hydrogen-bond donors (Lipinski definition) is 6. The molecule has 7 rings (SSSR count). The van der Waals surface area contributed by atoms with E-state index in [0.29, 0.717) is 5.56 Å². The number of aliphatic hydroxyl groups is 2. The Balaban J connectivity index is 1.48. The van der Waals surface area contributed by atoms with E-state index >= 15 is 0 Å². The Hall–Kier alpha value is -6.43. The topological polar surface area (TPSA) is 237 Å². The van der Waals surface area contributed by atoms with E-state index < -0.39 is 88.8 Å². The van der Waals surface area contributed by atoms with Crippen molar-refractivity contribution in [1.82, 2.24) is 9.91 Å². The number of piperazine rings is 1. The lowest BCUT2D eigenvalue weighted by molar-refractivity contribution is -0.160. The highest BCUT2D eigenvalue weighted by atomic mass is 16.7. The van der Waals surface area contributed by atoms with Crippen LogP contribution >= 0.6 is 0 Å². The smallest absolute Gasteiger partial charge is 0.312 e. The molecule has 366 valence electrons. The van der Waals surface area contributed by atoms with Gasteiger partial charge in [0.15, 0.2) is 5.75 Å². The van der Waals surface area contributed by atoms with Crippen molar-refractivity contribution in [2.24, 2.45) is 28.8 Å². The number of carbonyl (C=O) groups is 4. The average Bonchev–Trinajstić information content (AvgIpc) is 3.56. The number of ketones is 1. The lowest BCUT2D eigenvalue weighted by Gasteiger charge is -2.43. The quantitative estimate of drug-likeness (QED) is 0.0711. The van der Waals surface area contributed by atoms with Crippen molar-refractivity contribution in [2.45, 2.75) is 112 Å². The van der Waals surface area contributed by atoms with Crippen molar-refractivity contribution >= 4 is 46.2 Å². The molecule has 1 saturated heterocycles. The van der Waals surface area contributed by atoms with E-state index in [1.54, 1.807) is 74.0 Å². The number of hydrazone groups is 1. The van der Waals surface area contributed by atoms with Gasteiger partial charge >= 0.3 is 11.8 Å². The number of phenols is 3. The summed E-state index contributed by atoms with van der Waals surface area (Å²) in [6.07, 6.45) is 4.62. The van der Waals surface area contributed by atoms with E-state index in [1.807, 2.05) is 19.9 Å². The minimum absolute atomic E-state index is 0.0221. The first-order valence-corrected chi connectivity index (χ1v) is 22.8. The van der Waals surface area contributed by atoms with Gasteiger partial charge in [-0.15, -0.1) is 0 Å². The molecular formula is C51H64N4O13. The number of hydrogen-bond acceptors (Lipinski definition) is 15. The zero-order valence-corrected chi connectivity index (χ0v) is 40.4. The fourth-order valence-corrected chi connectivity index (χ4v) is 9.53. The lowest BCUT2D eigenvalue weighted by Crippen LogP contribution is -2.57. The molecule has 0 aliphatic carbocycles. The maximum absolute atomic E-state index is 14.6. The first-order valence-electron chi connectivity index (χ1n) is 22.8. The van der Waals surface area contributed by atoms with Crippen molar-refractivity contribution in [3.05, 3.63) is 88.7 Å². The van der Waals surface area contributed by atoms with Gasteiger partial charge < -0.3 is 54.7 Å². The highest BCUT2D eigenvalue weighted by Gasteiger charge is 2.50. The molecule has 4 heterocycles. The molecule has 4 aliphatic rings. The summed E-state index contributed by atoms with van der Waals surface area (Å²) < 4.78 is 23.7. The van der Waals surface area contributed by atoms with Gasteiger partial charge in [-0.25, -0.2) is 0 Å². The highest BCUT2D eigenvalue weighted by molar-refractivity contribution is 6.24. The first-order chi connectivity index (χ1) is 32.0. The molecule has 0 spiro atoms. The minimum atomic E-state index is -2.09. The third kappa shape index (κ3) is 9.78. The third-order valence-corrected chi connectivity index (χ3v) is 13.5. The third-order valence-electron chi connectivity index (χ3n) is 13.5. The predicted molar refractivity (Wildman–Crippen MR) is 255 cm³/mol. The second kappa shape index (κ2) is 20.4. The molecule has 68 heavy (non-hydrogen) atoms. The van der Waals surface area contributed by atoms with Crippen LogP contribution in [0.25, 0.3) is 10.8 Å². The number of anilines is 1. The second-order valence-corrected chi connectivity index (χ2v) is 18.5. The van der Waals surface area contributed by atoms with Crippen LogP contribution < -0.4 is 10.1 Å². The Kier molecular flexibility index (Phi) is 15.3. The fraction of sp³-hybridized carbons (Fsp3) is 0.471. The lowest BCUT2D eigenvalue weighted by atomic mass is 9.78.